The maximum atomic E-state index is 12.8. The molecule has 25 heavy (non-hydrogen) atoms. The van der Waals surface area contributed by atoms with Gasteiger partial charge in [-0.2, -0.15) is 0 Å². The Labute approximate surface area is 147 Å². The van der Waals surface area contributed by atoms with Crippen molar-refractivity contribution >= 4 is 11.8 Å². The molecule has 1 saturated carbocycles. The summed E-state index contributed by atoms with van der Waals surface area (Å²) in [4.78, 5) is 31.0. The number of amides is 2. The number of carbonyl (C=O) groups is 2. The van der Waals surface area contributed by atoms with Gasteiger partial charge in [0.05, 0.1) is 12.6 Å². The van der Waals surface area contributed by atoms with E-state index in [0.717, 1.165) is 25.7 Å². The van der Waals surface area contributed by atoms with Crippen molar-refractivity contribution in [2.45, 2.75) is 37.8 Å². The molecule has 2 aliphatic rings. The Hall–Kier alpha value is -2.69. The summed E-state index contributed by atoms with van der Waals surface area (Å²) < 4.78 is 0. The molecule has 0 saturated heterocycles. The standard InChI is InChI=1S/C20H21N3O2/c24-19(13-22-20(25)17-7-3-4-12-21-17)23(15-9-10-15)18-11-8-14-5-1-2-6-16(14)18/h1-7,12,15,18H,8-11,13H2,(H,22,25)/t18-/m0/s1. The zero-order valence-corrected chi connectivity index (χ0v) is 14.0. The Kier molecular flexibility index (Phi) is 4.22. The zero-order valence-electron chi connectivity index (χ0n) is 14.0. The third-order valence-corrected chi connectivity index (χ3v) is 4.96. The highest BCUT2D eigenvalue weighted by atomic mass is 16.2. The summed E-state index contributed by atoms with van der Waals surface area (Å²) in [6.07, 6.45) is 5.66. The molecular formula is C20H21N3O2. The van der Waals surface area contributed by atoms with Gasteiger partial charge in [-0.05, 0) is 48.9 Å². The summed E-state index contributed by atoms with van der Waals surface area (Å²) in [6.45, 7) is 0.0184. The minimum atomic E-state index is -0.309. The maximum Gasteiger partial charge on any atom is 0.270 e. The molecule has 1 aromatic carbocycles. The lowest BCUT2D eigenvalue weighted by Crippen LogP contribution is -2.43. The van der Waals surface area contributed by atoms with Gasteiger partial charge in [0, 0.05) is 12.2 Å². The van der Waals surface area contributed by atoms with Crippen LogP contribution in [0.15, 0.2) is 48.7 Å². The molecule has 0 radical (unpaired) electrons. The third kappa shape index (κ3) is 3.27. The minimum Gasteiger partial charge on any atom is -0.342 e. The van der Waals surface area contributed by atoms with Gasteiger partial charge in [0.15, 0.2) is 0 Å². The third-order valence-electron chi connectivity index (χ3n) is 4.96. The Bertz CT molecular complexity index is 787. The van der Waals surface area contributed by atoms with Crippen LogP contribution < -0.4 is 5.32 Å². The monoisotopic (exact) mass is 335 g/mol. The summed E-state index contributed by atoms with van der Waals surface area (Å²) in [5, 5.41) is 2.72. The molecule has 128 valence electrons. The fourth-order valence-electron chi connectivity index (χ4n) is 3.64. The van der Waals surface area contributed by atoms with Crippen LogP contribution in [0, 0.1) is 0 Å². The van der Waals surface area contributed by atoms with Crippen LogP contribution in [0.5, 0.6) is 0 Å². The van der Waals surface area contributed by atoms with Crippen LogP contribution >= 0.6 is 0 Å². The zero-order chi connectivity index (χ0) is 17.2. The summed E-state index contributed by atoms with van der Waals surface area (Å²) in [5.74, 6) is -0.315. The Morgan fingerprint density at radius 1 is 1.08 bits per heavy atom. The first kappa shape index (κ1) is 15.8. The minimum absolute atomic E-state index is 0.00603. The molecule has 5 nitrogen and oxygen atoms in total. The van der Waals surface area contributed by atoms with Gasteiger partial charge in [0.25, 0.3) is 5.91 Å². The number of benzene rings is 1. The number of pyridine rings is 1. The molecule has 1 atom stereocenters. The number of rotatable bonds is 5. The first-order valence-corrected chi connectivity index (χ1v) is 8.82. The van der Waals surface area contributed by atoms with Crippen LogP contribution in [0.2, 0.25) is 0 Å². The van der Waals surface area contributed by atoms with Crippen molar-refractivity contribution in [2.24, 2.45) is 0 Å². The van der Waals surface area contributed by atoms with Crippen molar-refractivity contribution in [1.82, 2.24) is 15.2 Å². The van der Waals surface area contributed by atoms with Gasteiger partial charge in [0.1, 0.15) is 5.69 Å². The molecule has 0 spiro atoms. The van der Waals surface area contributed by atoms with Crippen LogP contribution in [0.4, 0.5) is 0 Å². The van der Waals surface area contributed by atoms with Crippen LogP contribution in [0.3, 0.4) is 0 Å². The Balaban J connectivity index is 1.45. The number of aryl methyl sites for hydroxylation is 1. The Morgan fingerprint density at radius 3 is 2.64 bits per heavy atom. The molecule has 0 bridgehead atoms. The van der Waals surface area contributed by atoms with E-state index >= 15 is 0 Å². The topological polar surface area (TPSA) is 62.3 Å². The van der Waals surface area contributed by atoms with Crippen molar-refractivity contribution < 1.29 is 9.59 Å². The number of nitrogens with zero attached hydrogens (tertiary/aromatic N) is 2. The number of hydrogen-bond donors (Lipinski definition) is 1. The molecular weight excluding hydrogens is 314 g/mol. The van der Waals surface area contributed by atoms with Crippen LogP contribution in [0.25, 0.3) is 0 Å². The highest BCUT2D eigenvalue weighted by molar-refractivity contribution is 5.94. The number of carbonyl (C=O) groups excluding carboxylic acids is 2. The predicted molar refractivity (Wildman–Crippen MR) is 93.9 cm³/mol. The second-order valence-electron chi connectivity index (χ2n) is 6.68. The SMILES string of the molecule is O=C(NCC(=O)N(C1CC1)[C@H]1CCc2ccccc21)c1ccccn1. The highest BCUT2D eigenvalue weighted by Gasteiger charge is 2.40. The molecule has 2 aromatic rings. The van der Waals surface area contributed by atoms with Crippen LogP contribution in [0.1, 0.15) is 46.9 Å². The number of nitrogens with one attached hydrogen (secondary N) is 1. The van der Waals surface area contributed by atoms with E-state index in [0.29, 0.717) is 11.7 Å². The molecule has 0 unspecified atom stereocenters. The van der Waals surface area contributed by atoms with Gasteiger partial charge >= 0.3 is 0 Å². The van der Waals surface area contributed by atoms with Crippen molar-refractivity contribution in [1.29, 1.82) is 0 Å². The highest BCUT2D eigenvalue weighted by Crippen LogP contribution is 2.41. The van der Waals surface area contributed by atoms with Gasteiger partial charge in [-0.15, -0.1) is 0 Å². The predicted octanol–water partition coefficient (Wildman–Crippen LogP) is 2.49. The number of hydrogen-bond acceptors (Lipinski definition) is 3. The summed E-state index contributed by atoms with van der Waals surface area (Å²) >= 11 is 0. The van der Waals surface area contributed by atoms with Crippen LogP contribution in [-0.2, 0) is 11.2 Å². The number of aromatic nitrogens is 1. The molecule has 5 heteroatoms. The smallest absolute Gasteiger partial charge is 0.270 e. The largest absolute Gasteiger partial charge is 0.342 e. The van der Waals surface area contributed by atoms with Gasteiger partial charge in [-0.3, -0.25) is 14.6 Å². The van der Waals surface area contributed by atoms with Gasteiger partial charge in [-0.1, -0.05) is 30.3 Å². The normalized spacial score (nSPS) is 18.5. The quantitative estimate of drug-likeness (QED) is 0.913. The summed E-state index contributed by atoms with van der Waals surface area (Å²) in [6, 6.07) is 14.0. The summed E-state index contributed by atoms with van der Waals surface area (Å²) in [5.41, 5.74) is 2.93. The van der Waals surface area contributed by atoms with E-state index in [4.69, 9.17) is 0 Å². The average molecular weight is 335 g/mol. The molecule has 4 rings (SSSR count). The molecule has 1 N–H and O–H groups in total. The van der Waals surface area contributed by atoms with E-state index < -0.39 is 0 Å². The fourth-order valence-corrected chi connectivity index (χ4v) is 3.64. The summed E-state index contributed by atoms with van der Waals surface area (Å²) in [7, 11) is 0. The van der Waals surface area contributed by atoms with E-state index in [-0.39, 0.29) is 24.4 Å². The van der Waals surface area contributed by atoms with E-state index in [1.165, 1.54) is 11.1 Å². The van der Waals surface area contributed by atoms with Gasteiger partial charge < -0.3 is 10.2 Å². The van der Waals surface area contributed by atoms with E-state index in [9.17, 15) is 9.59 Å². The molecule has 0 aliphatic heterocycles. The molecule has 2 aliphatic carbocycles. The Morgan fingerprint density at radius 2 is 1.88 bits per heavy atom. The van der Waals surface area contributed by atoms with Gasteiger partial charge in [-0.25, -0.2) is 0 Å². The first-order valence-electron chi connectivity index (χ1n) is 8.82. The average Bonchev–Trinajstić information content (AvgIpc) is 3.40. The second kappa shape index (κ2) is 6.67. The maximum absolute atomic E-state index is 12.8. The van der Waals surface area contributed by atoms with Crippen molar-refractivity contribution in [2.75, 3.05) is 6.54 Å². The van der Waals surface area contributed by atoms with Crippen molar-refractivity contribution in [3.63, 3.8) is 0 Å². The van der Waals surface area contributed by atoms with Crippen molar-refractivity contribution in [3.8, 4) is 0 Å². The second-order valence-corrected chi connectivity index (χ2v) is 6.68. The first-order chi connectivity index (χ1) is 12.2. The lowest BCUT2D eigenvalue weighted by Gasteiger charge is -2.30. The lowest BCUT2D eigenvalue weighted by molar-refractivity contribution is -0.133. The molecule has 1 heterocycles. The molecule has 1 fully saturated rings. The lowest BCUT2D eigenvalue weighted by atomic mass is 10.1. The fraction of sp³-hybridized carbons (Fsp3) is 0.350. The van der Waals surface area contributed by atoms with E-state index in [2.05, 4.69) is 28.5 Å². The molecule has 1 aromatic heterocycles. The van der Waals surface area contributed by atoms with Gasteiger partial charge in [0.2, 0.25) is 5.91 Å². The molecule has 2 amide bonds. The van der Waals surface area contributed by atoms with Crippen molar-refractivity contribution in [3.05, 3.63) is 65.5 Å². The van der Waals surface area contributed by atoms with E-state index in [1.54, 1.807) is 24.4 Å². The van der Waals surface area contributed by atoms with Crippen LogP contribution in [-0.4, -0.2) is 34.3 Å². The number of fused-ring (bicyclic) bond motifs is 1. The van der Waals surface area contributed by atoms with E-state index in [1.807, 2.05) is 11.0 Å².